The molecule has 0 aliphatic rings. The Balaban J connectivity index is 1.94. The van der Waals surface area contributed by atoms with Crippen molar-refractivity contribution in [2.45, 2.75) is 13.3 Å². The molecule has 2 aromatic rings. The summed E-state index contributed by atoms with van der Waals surface area (Å²) in [5.74, 6) is -0.144. The predicted octanol–water partition coefficient (Wildman–Crippen LogP) is 4.24. The zero-order valence-electron chi connectivity index (χ0n) is 12.0. The molecule has 0 aliphatic carbocycles. The van der Waals surface area contributed by atoms with Crippen molar-refractivity contribution in [1.82, 2.24) is 0 Å². The van der Waals surface area contributed by atoms with Gasteiger partial charge in [-0.3, -0.25) is 14.9 Å². The van der Waals surface area contributed by atoms with Crippen LogP contribution < -0.4 is 5.32 Å². The third kappa shape index (κ3) is 4.05. The van der Waals surface area contributed by atoms with Crippen LogP contribution in [0, 0.1) is 17.0 Å². The monoisotopic (exact) mass is 318 g/mol. The quantitative estimate of drug-likeness (QED) is 0.491. The zero-order chi connectivity index (χ0) is 16.1. The van der Waals surface area contributed by atoms with Crippen molar-refractivity contribution >= 4 is 28.8 Å². The van der Waals surface area contributed by atoms with Gasteiger partial charge in [-0.05, 0) is 24.6 Å². The topological polar surface area (TPSA) is 72.2 Å². The van der Waals surface area contributed by atoms with Crippen molar-refractivity contribution in [3.8, 4) is 0 Å². The number of carbonyl (C=O) groups excluding carboxylic acids is 1. The number of aryl methyl sites for hydroxylation is 1. The molecule has 6 heteroatoms. The number of carbonyl (C=O) groups is 1. The Hall–Kier alpha value is -2.40. The molecule has 0 amide bonds. The summed E-state index contributed by atoms with van der Waals surface area (Å²) in [7, 11) is 0. The number of benzene rings is 2. The van der Waals surface area contributed by atoms with Crippen LogP contribution in [-0.2, 0) is 0 Å². The number of nitrogens with zero attached hydrogens (tertiary/aromatic N) is 1. The van der Waals surface area contributed by atoms with Crippen LogP contribution in [0.3, 0.4) is 0 Å². The molecule has 0 aromatic heterocycles. The first kappa shape index (κ1) is 16.0. The molecule has 0 saturated carbocycles. The molecule has 0 saturated heterocycles. The van der Waals surface area contributed by atoms with E-state index in [0.29, 0.717) is 17.1 Å². The van der Waals surface area contributed by atoms with E-state index in [1.54, 1.807) is 12.1 Å². The van der Waals surface area contributed by atoms with Crippen LogP contribution in [0.2, 0.25) is 5.02 Å². The smallest absolute Gasteiger partial charge is 0.270 e. The van der Waals surface area contributed by atoms with Crippen LogP contribution in [0.5, 0.6) is 0 Å². The zero-order valence-corrected chi connectivity index (χ0v) is 12.8. The van der Waals surface area contributed by atoms with Crippen LogP contribution >= 0.6 is 11.6 Å². The number of hydrogen-bond donors (Lipinski definition) is 1. The number of halogens is 1. The second kappa shape index (κ2) is 7.04. The normalized spacial score (nSPS) is 10.3. The molecular weight excluding hydrogens is 304 g/mol. The SMILES string of the molecule is Cc1ccc(NCCC(=O)c2cccc([N+](=O)[O-])c2)cc1Cl. The van der Waals surface area contributed by atoms with Crippen molar-refractivity contribution < 1.29 is 9.72 Å². The number of nitro benzene ring substituents is 1. The highest BCUT2D eigenvalue weighted by atomic mass is 35.5. The molecule has 5 nitrogen and oxygen atoms in total. The molecule has 0 spiro atoms. The highest BCUT2D eigenvalue weighted by molar-refractivity contribution is 6.31. The minimum Gasteiger partial charge on any atom is -0.385 e. The molecule has 0 unspecified atom stereocenters. The Morgan fingerprint density at radius 1 is 1.27 bits per heavy atom. The molecule has 1 N–H and O–H groups in total. The molecule has 0 heterocycles. The van der Waals surface area contributed by atoms with Crippen molar-refractivity contribution in [3.05, 3.63) is 68.7 Å². The van der Waals surface area contributed by atoms with Crippen molar-refractivity contribution in [2.75, 3.05) is 11.9 Å². The maximum absolute atomic E-state index is 12.0. The van der Waals surface area contributed by atoms with Crippen molar-refractivity contribution in [2.24, 2.45) is 0 Å². The maximum atomic E-state index is 12.0. The van der Waals surface area contributed by atoms with Gasteiger partial charge in [0.15, 0.2) is 5.78 Å². The van der Waals surface area contributed by atoms with E-state index in [0.717, 1.165) is 11.3 Å². The summed E-state index contributed by atoms with van der Waals surface area (Å²) in [6.07, 6.45) is 0.243. The summed E-state index contributed by atoms with van der Waals surface area (Å²) in [5.41, 5.74) is 2.09. The number of non-ortho nitro benzene ring substituents is 1. The molecular formula is C16H15ClN2O3. The van der Waals surface area contributed by atoms with E-state index < -0.39 is 4.92 Å². The lowest BCUT2D eigenvalue weighted by atomic mass is 10.1. The fourth-order valence-electron chi connectivity index (χ4n) is 1.96. The molecule has 2 rings (SSSR count). The van der Waals surface area contributed by atoms with Crippen LogP contribution in [0.4, 0.5) is 11.4 Å². The summed E-state index contributed by atoms with van der Waals surface area (Å²) < 4.78 is 0. The number of rotatable bonds is 6. The maximum Gasteiger partial charge on any atom is 0.270 e. The Morgan fingerprint density at radius 2 is 2.05 bits per heavy atom. The molecule has 0 fully saturated rings. The van der Waals surface area contributed by atoms with Gasteiger partial charge in [0.25, 0.3) is 5.69 Å². The first-order valence-electron chi connectivity index (χ1n) is 6.75. The molecule has 0 atom stereocenters. The Labute approximate surface area is 133 Å². The number of ketones is 1. The lowest BCUT2D eigenvalue weighted by Gasteiger charge is -2.07. The average Bonchev–Trinajstić information content (AvgIpc) is 2.51. The van der Waals surface area contributed by atoms with Gasteiger partial charge < -0.3 is 5.32 Å². The molecule has 2 aromatic carbocycles. The van der Waals surface area contributed by atoms with Gasteiger partial charge >= 0.3 is 0 Å². The summed E-state index contributed by atoms with van der Waals surface area (Å²) in [5, 5.41) is 14.5. The largest absolute Gasteiger partial charge is 0.385 e. The minimum atomic E-state index is -0.511. The van der Waals surface area contributed by atoms with Gasteiger partial charge in [0, 0.05) is 41.4 Å². The highest BCUT2D eigenvalue weighted by Gasteiger charge is 2.11. The second-order valence-corrected chi connectivity index (χ2v) is 5.28. The van der Waals surface area contributed by atoms with E-state index in [-0.39, 0.29) is 17.9 Å². The fraction of sp³-hybridized carbons (Fsp3) is 0.188. The van der Waals surface area contributed by atoms with E-state index in [4.69, 9.17) is 11.6 Å². The van der Waals surface area contributed by atoms with E-state index >= 15 is 0 Å². The third-order valence-electron chi connectivity index (χ3n) is 3.23. The third-order valence-corrected chi connectivity index (χ3v) is 3.64. The predicted molar refractivity (Wildman–Crippen MR) is 86.7 cm³/mol. The number of hydrogen-bond acceptors (Lipinski definition) is 4. The highest BCUT2D eigenvalue weighted by Crippen LogP contribution is 2.20. The van der Waals surface area contributed by atoms with Crippen molar-refractivity contribution in [1.29, 1.82) is 0 Å². The minimum absolute atomic E-state index is 0.0795. The number of anilines is 1. The number of nitro groups is 1. The summed E-state index contributed by atoms with van der Waals surface area (Å²) in [6.45, 7) is 2.35. The molecule has 22 heavy (non-hydrogen) atoms. The van der Waals surface area contributed by atoms with E-state index in [1.807, 2.05) is 19.1 Å². The van der Waals surface area contributed by atoms with Gasteiger partial charge in [0.05, 0.1) is 4.92 Å². The fourth-order valence-corrected chi connectivity index (χ4v) is 2.14. The van der Waals surface area contributed by atoms with Crippen molar-refractivity contribution in [3.63, 3.8) is 0 Å². The standard InChI is InChI=1S/C16H15ClN2O3/c1-11-5-6-13(10-15(11)17)18-8-7-16(20)12-3-2-4-14(9-12)19(21)22/h2-6,9-10,18H,7-8H2,1H3. The van der Waals surface area contributed by atoms with Crippen LogP contribution in [0.1, 0.15) is 22.3 Å². The molecule has 0 radical (unpaired) electrons. The second-order valence-electron chi connectivity index (χ2n) is 4.87. The lowest BCUT2D eigenvalue weighted by molar-refractivity contribution is -0.384. The van der Waals surface area contributed by atoms with E-state index in [9.17, 15) is 14.9 Å². The number of Topliss-reactive ketones (excluding diaryl/α,β-unsaturated/α-hetero) is 1. The average molecular weight is 319 g/mol. The molecule has 114 valence electrons. The van der Waals surface area contributed by atoms with Crippen LogP contribution in [0.15, 0.2) is 42.5 Å². The van der Waals surface area contributed by atoms with Crippen LogP contribution in [-0.4, -0.2) is 17.3 Å². The van der Waals surface area contributed by atoms with Gasteiger partial charge in [-0.15, -0.1) is 0 Å². The Morgan fingerprint density at radius 3 is 2.73 bits per heavy atom. The van der Waals surface area contributed by atoms with Gasteiger partial charge in [0.2, 0.25) is 0 Å². The molecule has 0 aliphatic heterocycles. The first-order chi connectivity index (χ1) is 10.5. The van der Waals surface area contributed by atoms with Gasteiger partial charge in [-0.25, -0.2) is 0 Å². The Bertz CT molecular complexity index is 716. The van der Waals surface area contributed by atoms with E-state index in [1.165, 1.54) is 18.2 Å². The summed E-state index contributed by atoms with van der Waals surface area (Å²) in [6, 6.07) is 11.3. The van der Waals surface area contributed by atoms with E-state index in [2.05, 4.69) is 5.32 Å². The summed E-state index contributed by atoms with van der Waals surface area (Å²) >= 11 is 6.03. The van der Waals surface area contributed by atoms with Gasteiger partial charge in [-0.1, -0.05) is 29.8 Å². The molecule has 0 bridgehead atoms. The Kier molecular flexibility index (Phi) is 5.12. The van der Waals surface area contributed by atoms with Gasteiger partial charge in [-0.2, -0.15) is 0 Å². The first-order valence-corrected chi connectivity index (χ1v) is 7.13. The number of nitrogens with one attached hydrogen (secondary N) is 1. The summed E-state index contributed by atoms with van der Waals surface area (Å²) in [4.78, 5) is 22.2. The lowest BCUT2D eigenvalue weighted by Crippen LogP contribution is -2.09. The van der Waals surface area contributed by atoms with Crippen LogP contribution in [0.25, 0.3) is 0 Å². The van der Waals surface area contributed by atoms with Gasteiger partial charge in [0.1, 0.15) is 0 Å².